The van der Waals surface area contributed by atoms with Gasteiger partial charge in [0.05, 0.1) is 11.7 Å². The van der Waals surface area contributed by atoms with E-state index >= 15 is 0 Å². The van der Waals surface area contributed by atoms with Crippen molar-refractivity contribution in [1.82, 2.24) is 10.3 Å². The maximum atomic E-state index is 6.02. The van der Waals surface area contributed by atoms with Gasteiger partial charge in [0.15, 0.2) is 17.6 Å². The Hall–Kier alpha value is -1.59. The Morgan fingerprint density at radius 3 is 2.95 bits per heavy atom. The summed E-state index contributed by atoms with van der Waals surface area (Å²) in [5.74, 6) is 1.63. The lowest BCUT2D eigenvalue weighted by Gasteiger charge is -2.25. The molecular weight excluding hydrogens is 284 g/mol. The summed E-state index contributed by atoms with van der Waals surface area (Å²) in [6, 6.07) is 8.20. The van der Waals surface area contributed by atoms with E-state index in [4.69, 9.17) is 14.5 Å². The number of para-hydroxylation sites is 2. The molecule has 110 valence electrons. The van der Waals surface area contributed by atoms with E-state index in [1.165, 1.54) is 19.3 Å². The van der Waals surface area contributed by atoms with E-state index in [9.17, 15) is 0 Å². The summed E-state index contributed by atoms with van der Waals surface area (Å²) >= 11 is 1.67. The predicted molar refractivity (Wildman–Crippen MR) is 82.0 cm³/mol. The molecule has 2 aliphatic heterocycles. The summed E-state index contributed by atoms with van der Waals surface area (Å²) in [6.45, 7) is 1.62. The SMILES string of the molecule is c1ccc2c(c1)OC[C@H](c1nc(C3CCCCN3)cs1)O2. The quantitative estimate of drug-likeness (QED) is 0.922. The molecular formula is C16H18N2O2S. The molecule has 1 unspecified atom stereocenters. The molecule has 21 heavy (non-hydrogen) atoms. The van der Waals surface area contributed by atoms with Crippen LogP contribution in [0.2, 0.25) is 0 Å². The Bertz CT molecular complexity index is 622. The van der Waals surface area contributed by atoms with Crippen LogP contribution < -0.4 is 14.8 Å². The minimum Gasteiger partial charge on any atom is -0.485 e. The van der Waals surface area contributed by atoms with E-state index in [2.05, 4.69) is 10.7 Å². The zero-order valence-electron chi connectivity index (χ0n) is 11.7. The third-order valence-corrected chi connectivity index (χ3v) is 4.95. The van der Waals surface area contributed by atoms with Crippen molar-refractivity contribution in [2.24, 2.45) is 0 Å². The van der Waals surface area contributed by atoms with Gasteiger partial charge in [-0.05, 0) is 31.5 Å². The molecule has 4 rings (SSSR count). The molecule has 1 N–H and O–H groups in total. The number of thiazole rings is 1. The van der Waals surface area contributed by atoms with Gasteiger partial charge < -0.3 is 14.8 Å². The molecule has 2 aromatic rings. The van der Waals surface area contributed by atoms with Gasteiger partial charge in [0.1, 0.15) is 11.6 Å². The van der Waals surface area contributed by atoms with Crippen molar-refractivity contribution in [3.05, 3.63) is 40.3 Å². The molecule has 3 heterocycles. The van der Waals surface area contributed by atoms with Gasteiger partial charge >= 0.3 is 0 Å². The highest BCUT2D eigenvalue weighted by Crippen LogP contribution is 2.37. The first-order valence-electron chi connectivity index (χ1n) is 7.47. The number of hydrogen-bond acceptors (Lipinski definition) is 5. The van der Waals surface area contributed by atoms with Crippen LogP contribution in [0.15, 0.2) is 29.6 Å². The van der Waals surface area contributed by atoms with E-state index in [0.29, 0.717) is 12.6 Å². The summed E-state index contributed by atoms with van der Waals surface area (Å²) in [5, 5.41) is 6.70. The third kappa shape index (κ3) is 2.63. The second kappa shape index (κ2) is 5.66. The molecule has 2 aliphatic rings. The topological polar surface area (TPSA) is 43.4 Å². The van der Waals surface area contributed by atoms with Crippen LogP contribution in [0, 0.1) is 0 Å². The van der Waals surface area contributed by atoms with E-state index in [0.717, 1.165) is 28.7 Å². The van der Waals surface area contributed by atoms with Crippen LogP contribution in [-0.4, -0.2) is 18.1 Å². The highest BCUT2D eigenvalue weighted by atomic mass is 32.1. The minimum atomic E-state index is -0.0951. The first-order chi connectivity index (χ1) is 10.4. The molecule has 1 aromatic heterocycles. The molecule has 2 atom stereocenters. The maximum absolute atomic E-state index is 6.02. The number of nitrogens with one attached hydrogen (secondary N) is 1. The molecule has 0 amide bonds. The molecule has 0 aliphatic carbocycles. The zero-order chi connectivity index (χ0) is 14.1. The maximum Gasteiger partial charge on any atom is 0.184 e. The van der Waals surface area contributed by atoms with Crippen LogP contribution in [0.25, 0.3) is 0 Å². The molecule has 1 aromatic carbocycles. The van der Waals surface area contributed by atoms with Gasteiger partial charge in [0, 0.05) is 5.38 Å². The normalized spacial score (nSPS) is 24.8. The lowest BCUT2D eigenvalue weighted by atomic mass is 10.0. The van der Waals surface area contributed by atoms with Gasteiger partial charge in [-0.1, -0.05) is 18.6 Å². The van der Waals surface area contributed by atoms with Crippen LogP contribution in [0.1, 0.15) is 42.1 Å². The Morgan fingerprint density at radius 2 is 2.10 bits per heavy atom. The van der Waals surface area contributed by atoms with Gasteiger partial charge in [-0.2, -0.15) is 0 Å². The second-order valence-electron chi connectivity index (χ2n) is 5.48. The van der Waals surface area contributed by atoms with Crippen molar-refractivity contribution in [3.63, 3.8) is 0 Å². The monoisotopic (exact) mass is 302 g/mol. The first kappa shape index (κ1) is 13.1. The number of rotatable bonds is 2. The van der Waals surface area contributed by atoms with Gasteiger partial charge in [0.2, 0.25) is 0 Å². The molecule has 0 radical (unpaired) electrons. The lowest BCUT2D eigenvalue weighted by Crippen LogP contribution is -2.27. The van der Waals surface area contributed by atoms with E-state index in [-0.39, 0.29) is 6.10 Å². The summed E-state index contributed by atoms with van der Waals surface area (Å²) < 4.78 is 11.8. The van der Waals surface area contributed by atoms with Gasteiger partial charge in [0.25, 0.3) is 0 Å². The summed E-state index contributed by atoms with van der Waals surface area (Å²) in [4.78, 5) is 4.78. The summed E-state index contributed by atoms with van der Waals surface area (Å²) in [7, 11) is 0. The fourth-order valence-electron chi connectivity index (χ4n) is 2.85. The van der Waals surface area contributed by atoms with Crippen molar-refractivity contribution in [1.29, 1.82) is 0 Å². The van der Waals surface area contributed by atoms with Crippen molar-refractivity contribution in [2.75, 3.05) is 13.2 Å². The number of benzene rings is 1. The average Bonchev–Trinajstić information content (AvgIpc) is 3.05. The van der Waals surface area contributed by atoms with Gasteiger partial charge in [-0.3, -0.25) is 0 Å². The van der Waals surface area contributed by atoms with Crippen molar-refractivity contribution < 1.29 is 9.47 Å². The summed E-state index contributed by atoms with van der Waals surface area (Å²) in [6.07, 6.45) is 3.63. The third-order valence-electron chi connectivity index (χ3n) is 3.99. The molecule has 4 nitrogen and oxygen atoms in total. The van der Waals surface area contributed by atoms with E-state index in [1.807, 2.05) is 24.3 Å². The minimum absolute atomic E-state index is 0.0951. The lowest BCUT2D eigenvalue weighted by molar-refractivity contribution is 0.0909. The number of nitrogens with zero attached hydrogens (tertiary/aromatic N) is 1. The summed E-state index contributed by atoms with van der Waals surface area (Å²) in [5.41, 5.74) is 1.15. The van der Waals surface area contributed by atoms with Crippen LogP contribution in [0.4, 0.5) is 0 Å². The fourth-order valence-corrected chi connectivity index (χ4v) is 3.74. The number of piperidine rings is 1. The van der Waals surface area contributed by atoms with E-state index in [1.54, 1.807) is 11.3 Å². The Labute approximate surface area is 128 Å². The van der Waals surface area contributed by atoms with Crippen molar-refractivity contribution in [2.45, 2.75) is 31.4 Å². The molecule has 0 bridgehead atoms. The molecule has 5 heteroatoms. The number of ether oxygens (including phenoxy) is 2. The van der Waals surface area contributed by atoms with Gasteiger partial charge in [-0.25, -0.2) is 4.98 Å². The van der Waals surface area contributed by atoms with Crippen LogP contribution in [0.3, 0.4) is 0 Å². The highest BCUT2D eigenvalue weighted by molar-refractivity contribution is 7.09. The standard InChI is InChI=1S/C16H18N2O2S/c1-2-7-14-13(6-1)19-9-15(20-14)16-18-12(10-21-16)11-5-3-4-8-17-11/h1-2,6-7,10-11,15,17H,3-5,8-9H2/t11?,15-/m1/s1. The van der Waals surface area contributed by atoms with Crippen LogP contribution >= 0.6 is 11.3 Å². The molecule has 1 saturated heterocycles. The average molecular weight is 302 g/mol. The first-order valence-corrected chi connectivity index (χ1v) is 8.35. The smallest absolute Gasteiger partial charge is 0.184 e. The predicted octanol–water partition coefficient (Wildman–Crippen LogP) is 3.47. The number of hydrogen-bond donors (Lipinski definition) is 1. The Morgan fingerprint density at radius 1 is 1.19 bits per heavy atom. The molecule has 0 saturated carbocycles. The molecule has 0 spiro atoms. The van der Waals surface area contributed by atoms with Crippen LogP contribution in [-0.2, 0) is 0 Å². The zero-order valence-corrected chi connectivity index (χ0v) is 12.6. The Kier molecular flexibility index (Phi) is 3.53. The molecule has 1 fully saturated rings. The number of aromatic nitrogens is 1. The van der Waals surface area contributed by atoms with Crippen molar-refractivity contribution >= 4 is 11.3 Å². The van der Waals surface area contributed by atoms with Crippen molar-refractivity contribution in [3.8, 4) is 11.5 Å². The van der Waals surface area contributed by atoms with E-state index < -0.39 is 0 Å². The highest BCUT2D eigenvalue weighted by Gasteiger charge is 2.26. The second-order valence-corrected chi connectivity index (χ2v) is 6.37. The number of fused-ring (bicyclic) bond motifs is 1. The largest absolute Gasteiger partial charge is 0.485 e. The van der Waals surface area contributed by atoms with Crippen LogP contribution in [0.5, 0.6) is 11.5 Å². The fraction of sp³-hybridized carbons (Fsp3) is 0.438. The van der Waals surface area contributed by atoms with Gasteiger partial charge in [-0.15, -0.1) is 11.3 Å². The Balaban J connectivity index is 1.51.